The van der Waals surface area contributed by atoms with E-state index in [1.54, 1.807) is 14.0 Å². The molecule has 5 heteroatoms. The van der Waals surface area contributed by atoms with Crippen LogP contribution in [0, 0.1) is 6.92 Å². The molecule has 2 aromatic rings. The van der Waals surface area contributed by atoms with Crippen molar-refractivity contribution >= 4 is 5.71 Å². The van der Waals surface area contributed by atoms with Crippen molar-refractivity contribution in [3.8, 4) is 5.88 Å². The highest BCUT2D eigenvalue weighted by Gasteiger charge is 2.15. The molecule has 0 saturated heterocycles. The molecule has 0 saturated carbocycles. The van der Waals surface area contributed by atoms with E-state index in [1.807, 2.05) is 37.3 Å². The summed E-state index contributed by atoms with van der Waals surface area (Å²) < 4.78 is 1.42. The molecule has 19 heavy (non-hydrogen) atoms. The number of oxime groups is 1. The van der Waals surface area contributed by atoms with E-state index in [0.29, 0.717) is 17.9 Å². The Labute approximate surface area is 112 Å². The van der Waals surface area contributed by atoms with Crippen molar-refractivity contribution in [1.82, 2.24) is 9.78 Å². The number of nitrogens with zero attached hydrogens (tertiary/aromatic N) is 3. The van der Waals surface area contributed by atoms with Crippen LogP contribution < -0.4 is 0 Å². The van der Waals surface area contributed by atoms with Crippen molar-refractivity contribution in [1.29, 1.82) is 0 Å². The lowest BCUT2D eigenvalue weighted by Crippen LogP contribution is -1.98. The van der Waals surface area contributed by atoms with Gasteiger partial charge in [-0.3, -0.25) is 0 Å². The summed E-state index contributed by atoms with van der Waals surface area (Å²) in [6.07, 6.45) is 0. The number of aromatic nitrogens is 2. The van der Waals surface area contributed by atoms with E-state index in [0.717, 1.165) is 11.3 Å². The zero-order valence-electron chi connectivity index (χ0n) is 11.3. The number of hydrogen-bond acceptors (Lipinski definition) is 4. The first-order valence-corrected chi connectivity index (χ1v) is 6.03. The summed E-state index contributed by atoms with van der Waals surface area (Å²) in [5.41, 5.74) is 3.00. The SMILES string of the molecule is CC(=NOCc1ccccc1)c1c(C)nn(C)c1O. The van der Waals surface area contributed by atoms with Crippen molar-refractivity contribution < 1.29 is 9.94 Å². The fourth-order valence-corrected chi connectivity index (χ4v) is 1.89. The second-order valence-electron chi connectivity index (χ2n) is 4.34. The molecular formula is C14H17N3O2. The van der Waals surface area contributed by atoms with Crippen molar-refractivity contribution in [3.63, 3.8) is 0 Å². The Morgan fingerprint density at radius 1 is 1.37 bits per heavy atom. The largest absolute Gasteiger partial charge is 0.493 e. The predicted octanol–water partition coefficient (Wildman–Crippen LogP) is 2.37. The molecule has 100 valence electrons. The third-order valence-electron chi connectivity index (χ3n) is 2.83. The zero-order chi connectivity index (χ0) is 13.8. The van der Waals surface area contributed by atoms with Crippen molar-refractivity contribution in [2.45, 2.75) is 20.5 Å². The molecule has 0 aliphatic heterocycles. The average molecular weight is 259 g/mol. The van der Waals surface area contributed by atoms with Crippen LogP contribution in [0.4, 0.5) is 0 Å². The smallest absolute Gasteiger partial charge is 0.218 e. The normalized spacial score (nSPS) is 11.6. The van der Waals surface area contributed by atoms with Gasteiger partial charge in [-0.2, -0.15) is 5.10 Å². The number of aromatic hydroxyl groups is 1. The maximum atomic E-state index is 9.87. The molecule has 1 aromatic heterocycles. The minimum absolute atomic E-state index is 0.0991. The van der Waals surface area contributed by atoms with Gasteiger partial charge in [0.2, 0.25) is 5.88 Å². The van der Waals surface area contributed by atoms with Gasteiger partial charge in [0.1, 0.15) is 6.61 Å². The van der Waals surface area contributed by atoms with Crippen LogP contribution >= 0.6 is 0 Å². The predicted molar refractivity (Wildman–Crippen MR) is 73.1 cm³/mol. The van der Waals surface area contributed by atoms with Gasteiger partial charge in [-0.25, -0.2) is 4.68 Å². The highest BCUT2D eigenvalue weighted by molar-refractivity contribution is 6.01. The fourth-order valence-electron chi connectivity index (χ4n) is 1.89. The highest BCUT2D eigenvalue weighted by Crippen LogP contribution is 2.20. The van der Waals surface area contributed by atoms with Crippen LogP contribution in [-0.4, -0.2) is 20.6 Å². The molecule has 0 spiro atoms. The van der Waals surface area contributed by atoms with Crippen LogP contribution in [-0.2, 0) is 18.5 Å². The summed E-state index contributed by atoms with van der Waals surface area (Å²) in [5.74, 6) is 0.0991. The average Bonchev–Trinajstić information content (AvgIpc) is 2.64. The second kappa shape index (κ2) is 5.56. The number of rotatable bonds is 4. The van der Waals surface area contributed by atoms with Crippen LogP contribution in [0.2, 0.25) is 0 Å². The molecule has 0 aliphatic carbocycles. The Kier molecular flexibility index (Phi) is 3.85. The summed E-state index contributed by atoms with van der Waals surface area (Å²) in [7, 11) is 1.68. The van der Waals surface area contributed by atoms with Crippen LogP contribution in [0.15, 0.2) is 35.5 Å². The topological polar surface area (TPSA) is 59.6 Å². The molecule has 0 bridgehead atoms. The molecule has 1 N–H and O–H groups in total. The van der Waals surface area contributed by atoms with Crippen LogP contribution in [0.25, 0.3) is 0 Å². The van der Waals surface area contributed by atoms with Gasteiger partial charge >= 0.3 is 0 Å². The molecule has 0 atom stereocenters. The van der Waals surface area contributed by atoms with Gasteiger partial charge < -0.3 is 9.94 Å². The molecule has 0 fully saturated rings. The molecule has 0 unspecified atom stereocenters. The third kappa shape index (κ3) is 2.93. The number of aryl methyl sites for hydroxylation is 2. The highest BCUT2D eigenvalue weighted by atomic mass is 16.6. The molecule has 0 amide bonds. The van der Waals surface area contributed by atoms with Crippen LogP contribution in [0.5, 0.6) is 5.88 Å². The van der Waals surface area contributed by atoms with Crippen LogP contribution in [0.3, 0.4) is 0 Å². The van der Waals surface area contributed by atoms with E-state index in [9.17, 15) is 5.11 Å². The minimum atomic E-state index is 0.0991. The Hall–Kier alpha value is -2.30. The quantitative estimate of drug-likeness (QED) is 0.677. The van der Waals surface area contributed by atoms with E-state index in [1.165, 1.54) is 4.68 Å². The van der Waals surface area contributed by atoms with Gasteiger partial charge in [-0.1, -0.05) is 35.5 Å². The van der Waals surface area contributed by atoms with Gasteiger partial charge in [0.15, 0.2) is 0 Å². The maximum Gasteiger partial charge on any atom is 0.218 e. The first-order chi connectivity index (χ1) is 9.09. The Morgan fingerprint density at radius 2 is 2.05 bits per heavy atom. The molecule has 0 radical (unpaired) electrons. The molecular weight excluding hydrogens is 242 g/mol. The van der Waals surface area contributed by atoms with Crippen molar-refractivity contribution in [3.05, 3.63) is 47.2 Å². The maximum absolute atomic E-state index is 9.87. The van der Waals surface area contributed by atoms with Crippen LogP contribution in [0.1, 0.15) is 23.7 Å². The molecule has 1 aromatic carbocycles. The monoisotopic (exact) mass is 259 g/mol. The van der Waals surface area contributed by atoms with E-state index in [2.05, 4.69) is 10.3 Å². The Bertz CT molecular complexity index is 588. The summed E-state index contributed by atoms with van der Waals surface area (Å²) in [6, 6.07) is 9.79. The van der Waals surface area contributed by atoms with E-state index >= 15 is 0 Å². The lowest BCUT2D eigenvalue weighted by Gasteiger charge is -2.02. The molecule has 5 nitrogen and oxygen atoms in total. The summed E-state index contributed by atoms with van der Waals surface area (Å²) >= 11 is 0. The fraction of sp³-hybridized carbons (Fsp3) is 0.286. The minimum Gasteiger partial charge on any atom is -0.493 e. The van der Waals surface area contributed by atoms with Crippen molar-refractivity contribution in [2.75, 3.05) is 0 Å². The Balaban J connectivity index is 2.07. The summed E-state index contributed by atoms with van der Waals surface area (Å²) in [6.45, 7) is 4.01. The van der Waals surface area contributed by atoms with Gasteiger partial charge in [-0.15, -0.1) is 0 Å². The van der Waals surface area contributed by atoms with Gasteiger partial charge in [0, 0.05) is 7.05 Å². The Morgan fingerprint density at radius 3 is 2.63 bits per heavy atom. The van der Waals surface area contributed by atoms with E-state index < -0.39 is 0 Å². The zero-order valence-corrected chi connectivity index (χ0v) is 11.3. The summed E-state index contributed by atoms with van der Waals surface area (Å²) in [4.78, 5) is 5.29. The van der Waals surface area contributed by atoms with Crippen molar-refractivity contribution in [2.24, 2.45) is 12.2 Å². The van der Waals surface area contributed by atoms with Gasteiger partial charge in [-0.05, 0) is 19.4 Å². The molecule has 1 heterocycles. The second-order valence-corrected chi connectivity index (χ2v) is 4.34. The van der Waals surface area contributed by atoms with E-state index in [-0.39, 0.29) is 5.88 Å². The standard InChI is InChI=1S/C14H17N3O2/c1-10-13(14(18)17(3)15-10)11(2)16-19-9-12-7-5-4-6-8-12/h4-8,18H,9H2,1-3H3. The lowest BCUT2D eigenvalue weighted by atomic mass is 10.2. The third-order valence-corrected chi connectivity index (χ3v) is 2.83. The lowest BCUT2D eigenvalue weighted by molar-refractivity contribution is 0.130. The first kappa shape index (κ1) is 13.1. The van der Waals surface area contributed by atoms with E-state index in [4.69, 9.17) is 4.84 Å². The summed E-state index contributed by atoms with van der Waals surface area (Å²) in [5, 5.41) is 18.0. The van der Waals surface area contributed by atoms with Gasteiger partial charge in [0.25, 0.3) is 0 Å². The first-order valence-electron chi connectivity index (χ1n) is 6.03. The van der Waals surface area contributed by atoms with Gasteiger partial charge in [0.05, 0.1) is 17.0 Å². The molecule has 0 aliphatic rings. The molecule has 2 rings (SSSR count). The number of benzene rings is 1. The number of hydrogen-bond donors (Lipinski definition) is 1.